The zero-order chi connectivity index (χ0) is 17.2. The van der Waals surface area contributed by atoms with Crippen molar-refractivity contribution in [2.45, 2.75) is 32.2 Å². The fourth-order valence-electron chi connectivity index (χ4n) is 4.00. The van der Waals surface area contributed by atoms with Gasteiger partial charge < -0.3 is 4.98 Å². The van der Waals surface area contributed by atoms with Crippen molar-refractivity contribution in [3.05, 3.63) is 71.4 Å². The summed E-state index contributed by atoms with van der Waals surface area (Å²) in [5.74, 6) is 0.793. The topological polar surface area (TPSA) is 36.1 Å². The Morgan fingerprint density at radius 2 is 2.08 bits per heavy atom. The zero-order valence-electron chi connectivity index (χ0n) is 14.7. The molecule has 1 aromatic heterocycles. The average molecular weight is 332 g/mol. The lowest BCUT2D eigenvalue weighted by Gasteiger charge is -2.16. The fraction of sp³-hybridized carbons (Fsp3) is 0.318. The van der Waals surface area contributed by atoms with Crippen molar-refractivity contribution in [3.63, 3.8) is 0 Å². The maximum Gasteiger partial charge on any atom is 0.134 e. The number of H-pyrrole nitrogens is 1. The summed E-state index contributed by atoms with van der Waals surface area (Å²) < 4.78 is 0. The minimum atomic E-state index is 0.226. The largest absolute Gasteiger partial charge is 0.361 e. The molecular weight excluding hydrogens is 308 g/mol. The number of nitrogens with one attached hydrogen (secondary N) is 1. The standard InChI is InChI=1S/C22H24N2O/c1-16(25)11-17-5-4-6-18(12-17)19-9-10-24(14-19)15-20-13-23-22-8-3-2-7-21(20)22/h2-8,12-13,19,23H,9-11,14-15H2,1H3. The average Bonchev–Trinajstić information content (AvgIpc) is 3.23. The molecule has 1 N–H and O–H groups in total. The summed E-state index contributed by atoms with van der Waals surface area (Å²) in [6.45, 7) is 4.86. The van der Waals surface area contributed by atoms with Crippen LogP contribution in [0, 0.1) is 0 Å². The molecule has 0 spiro atoms. The molecule has 0 aliphatic carbocycles. The van der Waals surface area contributed by atoms with Crippen molar-refractivity contribution >= 4 is 16.7 Å². The summed E-state index contributed by atoms with van der Waals surface area (Å²) in [5.41, 5.74) is 5.10. The highest BCUT2D eigenvalue weighted by Gasteiger charge is 2.24. The number of hydrogen-bond acceptors (Lipinski definition) is 2. The van der Waals surface area contributed by atoms with E-state index in [1.165, 1.54) is 28.5 Å². The van der Waals surface area contributed by atoms with Crippen LogP contribution in [0.1, 0.15) is 36.0 Å². The van der Waals surface area contributed by atoms with Crippen molar-refractivity contribution in [2.24, 2.45) is 0 Å². The fourth-order valence-corrected chi connectivity index (χ4v) is 4.00. The van der Waals surface area contributed by atoms with Crippen LogP contribution in [0.25, 0.3) is 10.9 Å². The summed E-state index contributed by atoms with van der Waals surface area (Å²) >= 11 is 0. The minimum absolute atomic E-state index is 0.226. The number of fused-ring (bicyclic) bond motifs is 1. The number of carbonyl (C=O) groups is 1. The molecule has 3 heteroatoms. The van der Waals surface area contributed by atoms with Gasteiger partial charge in [-0.15, -0.1) is 0 Å². The highest BCUT2D eigenvalue weighted by molar-refractivity contribution is 5.83. The quantitative estimate of drug-likeness (QED) is 0.756. The second-order valence-electron chi connectivity index (χ2n) is 7.20. The first-order valence-corrected chi connectivity index (χ1v) is 9.04. The molecule has 3 nitrogen and oxygen atoms in total. The van der Waals surface area contributed by atoms with Gasteiger partial charge in [-0.3, -0.25) is 9.69 Å². The summed E-state index contributed by atoms with van der Waals surface area (Å²) in [7, 11) is 0. The van der Waals surface area contributed by atoms with Gasteiger partial charge in [0.05, 0.1) is 0 Å². The first-order valence-electron chi connectivity index (χ1n) is 9.04. The van der Waals surface area contributed by atoms with E-state index in [1.807, 2.05) is 0 Å². The first-order chi connectivity index (χ1) is 12.2. The number of carbonyl (C=O) groups excluding carboxylic acids is 1. The Hall–Kier alpha value is -2.39. The first kappa shape index (κ1) is 16.1. The Balaban J connectivity index is 1.45. The number of Topliss-reactive ketones (excluding diaryl/α,β-unsaturated/α-hetero) is 1. The van der Waals surface area contributed by atoms with E-state index in [9.17, 15) is 4.79 Å². The molecule has 1 atom stereocenters. The maximum absolute atomic E-state index is 11.4. The monoisotopic (exact) mass is 332 g/mol. The normalized spacial score (nSPS) is 18.0. The molecule has 2 aromatic carbocycles. The van der Waals surface area contributed by atoms with Crippen molar-refractivity contribution in [3.8, 4) is 0 Å². The van der Waals surface area contributed by atoms with Crippen LogP contribution in [0.15, 0.2) is 54.7 Å². The van der Waals surface area contributed by atoms with Crippen LogP contribution in [0.2, 0.25) is 0 Å². The lowest BCUT2D eigenvalue weighted by Crippen LogP contribution is -2.19. The Kier molecular flexibility index (Phi) is 4.41. The van der Waals surface area contributed by atoms with E-state index in [2.05, 4.69) is 64.6 Å². The molecule has 3 aromatic rings. The van der Waals surface area contributed by atoms with Crippen molar-refractivity contribution < 1.29 is 4.79 Å². The second kappa shape index (κ2) is 6.85. The van der Waals surface area contributed by atoms with Gasteiger partial charge in [-0.25, -0.2) is 0 Å². The van der Waals surface area contributed by atoms with Crippen LogP contribution < -0.4 is 0 Å². The van der Waals surface area contributed by atoms with E-state index in [-0.39, 0.29) is 5.78 Å². The van der Waals surface area contributed by atoms with Crippen molar-refractivity contribution in [2.75, 3.05) is 13.1 Å². The molecule has 2 heterocycles. The summed E-state index contributed by atoms with van der Waals surface area (Å²) in [5, 5.41) is 1.33. The van der Waals surface area contributed by atoms with Gasteiger partial charge in [0.1, 0.15) is 5.78 Å². The minimum Gasteiger partial charge on any atom is -0.361 e. The number of aromatic nitrogens is 1. The number of rotatable bonds is 5. The van der Waals surface area contributed by atoms with E-state index >= 15 is 0 Å². The molecular formula is C22H24N2O. The van der Waals surface area contributed by atoms with Crippen LogP contribution in [0.5, 0.6) is 0 Å². The van der Waals surface area contributed by atoms with Gasteiger partial charge in [-0.1, -0.05) is 42.5 Å². The Morgan fingerprint density at radius 3 is 2.96 bits per heavy atom. The third-order valence-electron chi connectivity index (χ3n) is 5.22. The lowest BCUT2D eigenvalue weighted by atomic mass is 9.95. The molecule has 128 valence electrons. The van der Waals surface area contributed by atoms with Gasteiger partial charge in [0.15, 0.2) is 0 Å². The van der Waals surface area contributed by atoms with E-state index in [4.69, 9.17) is 0 Å². The number of ketones is 1. The van der Waals surface area contributed by atoms with Gasteiger partial charge in [-0.2, -0.15) is 0 Å². The molecule has 1 unspecified atom stereocenters. The zero-order valence-corrected chi connectivity index (χ0v) is 14.7. The van der Waals surface area contributed by atoms with Gasteiger partial charge in [0, 0.05) is 36.6 Å². The number of nitrogens with zero attached hydrogens (tertiary/aromatic N) is 1. The van der Waals surface area contributed by atoms with Gasteiger partial charge in [0.25, 0.3) is 0 Å². The highest BCUT2D eigenvalue weighted by atomic mass is 16.1. The van der Waals surface area contributed by atoms with Crippen molar-refractivity contribution in [1.29, 1.82) is 0 Å². The predicted octanol–water partition coefficient (Wildman–Crippen LogP) is 4.29. The molecule has 0 amide bonds. The smallest absolute Gasteiger partial charge is 0.134 e. The van der Waals surface area contributed by atoms with Crippen LogP contribution in [0.4, 0.5) is 0 Å². The Morgan fingerprint density at radius 1 is 1.20 bits per heavy atom. The van der Waals surface area contributed by atoms with E-state index in [1.54, 1.807) is 6.92 Å². The summed E-state index contributed by atoms with van der Waals surface area (Å²) in [4.78, 5) is 17.3. The number of benzene rings is 2. The number of likely N-dealkylation sites (tertiary alicyclic amines) is 1. The Bertz CT molecular complexity index is 896. The molecule has 25 heavy (non-hydrogen) atoms. The van der Waals surface area contributed by atoms with Crippen LogP contribution in [-0.2, 0) is 17.8 Å². The molecule has 1 aliphatic heterocycles. The predicted molar refractivity (Wildman–Crippen MR) is 102 cm³/mol. The van der Waals surface area contributed by atoms with E-state index < -0.39 is 0 Å². The van der Waals surface area contributed by atoms with Crippen LogP contribution >= 0.6 is 0 Å². The van der Waals surface area contributed by atoms with Crippen LogP contribution in [0.3, 0.4) is 0 Å². The molecule has 1 saturated heterocycles. The third-order valence-corrected chi connectivity index (χ3v) is 5.22. The van der Waals surface area contributed by atoms with E-state index in [0.717, 1.165) is 25.2 Å². The molecule has 0 radical (unpaired) electrons. The Labute approximate surface area is 148 Å². The molecule has 1 fully saturated rings. The third kappa shape index (κ3) is 3.52. The van der Waals surface area contributed by atoms with Gasteiger partial charge in [-0.05, 0) is 48.6 Å². The summed E-state index contributed by atoms with van der Waals surface area (Å²) in [6, 6.07) is 17.1. The van der Waals surface area contributed by atoms with Crippen LogP contribution in [-0.4, -0.2) is 28.8 Å². The van der Waals surface area contributed by atoms with E-state index in [0.29, 0.717) is 12.3 Å². The number of hydrogen-bond donors (Lipinski definition) is 1. The molecule has 1 aliphatic rings. The number of aromatic amines is 1. The SMILES string of the molecule is CC(=O)Cc1cccc(C2CCN(Cc3c[nH]c4ccccc34)C2)c1. The maximum atomic E-state index is 11.4. The lowest BCUT2D eigenvalue weighted by molar-refractivity contribution is -0.116. The highest BCUT2D eigenvalue weighted by Crippen LogP contribution is 2.30. The van der Waals surface area contributed by atoms with Crippen molar-refractivity contribution in [1.82, 2.24) is 9.88 Å². The van der Waals surface area contributed by atoms with Gasteiger partial charge in [0.2, 0.25) is 0 Å². The van der Waals surface area contributed by atoms with Gasteiger partial charge >= 0.3 is 0 Å². The molecule has 0 saturated carbocycles. The summed E-state index contributed by atoms with van der Waals surface area (Å²) in [6.07, 6.45) is 3.87. The molecule has 0 bridgehead atoms. The second-order valence-corrected chi connectivity index (χ2v) is 7.20. The number of para-hydroxylation sites is 1. The molecule has 4 rings (SSSR count).